The lowest BCUT2D eigenvalue weighted by molar-refractivity contribution is -0.115. The summed E-state index contributed by atoms with van der Waals surface area (Å²) in [6.07, 6.45) is 2.52. The zero-order valence-electron chi connectivity index (χ0n) is 14.0. The van der Waals surface area contributed by atoms with Gasteiger partial charge in [-0.2, -0.15) is 4.31 Å². The lowest BCUT2D eigenvalue weighted by Gasteiger charge is -2.36. The largest absolute Gasteiger partial charge is 0.349 e. The van der Waals surface area contributed by atoms with Crippen molar-refractivity contribution in [2.24, 2.45) is 0 Å². The van der Waals surface area contributed by atoms with E-state index in [-0.39, 0.29) is 35.3 Å². The lowest BCUT2D eigenvalue weighted by Crippen LogP contribution is -2.50. The first-order chi connectivity index (χ1) is 11.6. The first-order valence-electron chi connectivity index (χ1n) is 8.05. The van der Waals surface area contributed by atoms with E-state index in [1.807, 2.05) is 6.92 Å². The number of piperidine rings is 1. The minimum absolute atomic E-state index is 0.120. The van der Waals surface area contributed by atoms with Crippen LogP contribution in [0.25, 0.3) is 0 Å². The molecule has 25 heavy (non-hydrogen) atoms. The zero-order chi connectivity index (χ0) is 18.4. The number of halogens is 1. The van der Waals surface area contributed by atoms with Gasteiger partial charge in [-0.25, -0.2) is 8.42 Å². The maximum Gasteiger partial charge on any atom is 0.253 e. The highest BCUT2D eigenvalue weighted by Gasteiger charge is 2.32. The van der Waals surface area contributed by atoms with E-state index >= 15 is 0 Å². The molecule has 0 aromatic heterocycles. The molecule has 0 aliphatic carbocycles. The van der Waals surface area contributed by atoms with Gasteiger partial charge in [-0.1, -0.05) is 11.6 Å². The van der Waals surface area contributed by atoms with E-state index < -0.39 is 10.0 Å². The van der Waals surface area contributed by atoms with Crippen LogP contribution >= 0.6 is 11.6 Å². The fourth-order valence-corrected chi connectivity index (χ4v) is 4.89. The molecule has 0 saturated carbocycles. The van der Waals surface area contributed by atoms with Crippen LogP contribution in [0.1, 0.15) is 35.7 Å². The standard InChI is InChI=1S/C16H20ClN3O4S/c1-9-5-11(3-4-20(9)25(2,23)24)18-16(22)12-6-10-7-15(21)19-14(10)8-13(12)17/h6,8-9,11H,3-5,7H2,1-2H3,(H,18,22)(H,19,21)/t9-,11-/m1/s1. The Morgan fingerprint density at radius 3 is 2.76 bits per heavy atom. The highest BCUT2D eigenvalue weighted by Crippen LogP contribution is 2.30. The average molecular weight is 386 g/mol. The molecule has 0 radical (unpaired) electrons. The van der Waals surface area contributed by atoms with Crippen LogP contribution in [0.15, 0.2) is 12.1 Å². The number of rotatable bonds is 3. The third kappa shape index (κ3) is 3.80. The summed E-state index contributed by atoms with van der Waals surface area (Å²) in [6, 6.07) is 2.93. The second-order valence-corrected chi connectivity index (χ2v) is 8.97. The van der Waals surface area contributed by atoms with Crippen LogP contribution in [0.3, 0.4) is 0 Å². The number of hydrogen-bond acceptors (Lipinski definition) is 4. The molecule has 7 nitrogen and oxygen atoms in total. The molecule has 1 aromatic carbocycles. The molecule has 2 amide bonds. The SMILES string of the molecule is C[C@@H]1C[C@H](NC(=O)c2cc3c(cc2Cl)NC(=O)C3)CCN1S(C)(=O)=O. The summed E-state index contributed by atoms with van der Waals surface area (Å²) in [5.41, 5.74) is 1.72. The molecule has 0 bridgehead atoms. The van der Waals surface area contributed by atoms with E-state index in [4.69, 9.17) is 11.6 Å². The highest BCUT2D eigenvalue weighted by atomic mass is 35.5. The van der Waals surface area contributed by atoms with Crippen molar-refractivity contribution in [1.29, 1.82) is 0 Å². The van der Waals surface area contributed by atoms with Crippen LogP contribution in [0, 0.1) is 0 Å². The van der Waals surface area contributed by atoms with Crippen molar-refractivity contribution < 1.29 is 18.0 Å². The van der Waals surface area contributed by atoms with Gasteiger partial charge in [0.2, 0.25) is 15.9 Å². The molecule has 2 heterocycles. The van der Waals surface area contributed by atoms with Crippen molar-refractivity contribution in [3.8, 4) is 0 Å². The molecule has 2 aliphatic heterocycles. The maximum atomic E-state index is 12.6. The van der Waals surface area contributed by atoms with Gasteiger partial charge in [0.25, 0.3) is 5.91 Å². The van der Waals surface area contributed by atoms with Crippen LogP contribution in [0.5, 0.6) is 0 Å². The van der Waals surface area contributed by atoms with Crippen molar-refractivity contribution in [3.63, 3.8) is 0 Å². The van der Waals surface area contributed by atoms with E-state index in [0.717, 1.165) is 5.56 Å². The number of carbonyl (C=O) groups is 2. The van der Waals surface area contributed by atoms with Gasteiger partial charge in [0, 0.05) is 24.3 Å². The second-order valence-electron chi connectivity index (χ2n) is 6.63. The summed E-state index contributed by atoms with van der Waals surface area (Å²) < 4.78 is 24.9. The second kappa shape index (κ2) is 6.59. The van der Waals surface area contributed by atoms with Gasteiger partial charge in [0.05, 0.1) is 23.3 Å². The molecular formula is C16H20ClN3O4S. The monoisotopic (exact) mass is 385 g/mol. The molecule has 136 valence electrons. The normalized spacial score (nSPS) is 23.9. The Morgan fingerprint density at radius 1 is 1.40 bits per heavy atom. The molecular weight excluding hydrogens is 366 g/mol. The summed E-state index contributed by atoms with van der Waals surface area (Å²) in [6.45, 7) is 2.21. The van der Waals surface area contributed by atoms with E-state index in [0.29, 0.717) is 30.6 Å². The number of hydrogen-bond donors (Lipinski definition) is 2. The molecule has 1 fully saturated rings. The zero-order valence-corrected chi connectivity index (χ0v) is 15.6. The molecule has 1 aromatic rings. The minimum Gasteiger partial charge on any atom is -0.349 e. The molecule has 2 N–H and O–H groups in total. The Kier molecular flexibility index (Phi) is 4.78. The van der Waals surface area contributed by atoms with Gasteiger partial charge in [-0.3, -0.25) is 9.59 Å². The van der Waals surface area contributed by atoms with Crippen LogP contribution < -0.4 is 10.6 Å². The number of fused-ring (bicyclic) bond motifs is 1. The van der Waals surface area contributed by atoms with Gasteiger partial charge in [-0.15, -0.1) is 0 Å². The average Bonchev–Trinajstić information content (AvgIpc) is 2.83. The first-order valence-corrected chi connectivity index (χ1v) is 10.3. The number of nitrogens with zero attached hydrogens (tertiary/aromatic N) is 1. The summed E-state index contributed by atoms with van der Waals surface area (Å²) in [5.74, 6) is -0.428. The van der Waals surface area contributed by atoms with E-state index in [9.17, 15) is 18.0 Å². The smallest absolute Gasteiger partial charge is 0.253 e. The molecule has 2 aliphatic rings. The third-order valence-electron chi connectivity index (χ3n) is 4.64. The summed E-state index contributed by atoms with van der Waals surface area (Å²) in [7, 11) is -3.24. The molecule has 0 spiro atoms. The topological polar surface area (TPSA) is 95.6 Å². The molecule has 3 rings (SSSR count). The van der Waals surface area contributed by atoms with Gasteiger partial charge in [0.1, 0.15) is 0 Å². The maximum absolute atomic E-state index is 12.6. The lowest BCUT2D eigenvalue weighted by atomic mass is 9.99. The number of amides is 2. The minimum atomic E-state index is -3.24. The van der Waals surface area contributed by atoms with Crippen molar-refractivity contribution in [2.75, 3.05) is 18.1 Å². The van der Waals surface area contributed by atoms with Crippen molar-refractivity contribution in [2.45, 2.75) is 38.3 Å². The first kappa shape index (κ1) is 18.2. The molecule has 9 heteroatoms. The Labute approximate surface area is 151 Å². The molecule has 0 unspecified atom stereocenters. The Hall–Kier alpha value is -1.64. The Bertz CT molecular complexity index is 840. The number of anilines is 1. The van der Waals surface area contributed by atoms with E-state index in [1.54, 1.807) is 12.1 Å². The molecule has 1 saturated heterocycles. The summed E-state index contributed by atoms with van der Waals surface area (Å²) in [4.78, 5) is 24.0. The van der Waals surface area contributed by atoms with Crippen LogP contribution in [-0.2, 0) is 21.2 Å². The fraction of sp³-hybridized carbons (Fsp3) is 0.500. The highest BCUT2D eigenvalue weighted by molar-refractivity contribution is 7.88. The quantitative estimate of drug-likeness (QED) is 0.821. The fourth-order valence-electron chi connectivity index (χ4n) is 3.46. The van der Waals surface area contributed by atoms with Gasteiger partial charge < -0.3 is 10.6 Å². The van der Waals surface area contributed by atoms with Crippen LogP contribution in [0.2, 0.25) is 5.02 Å². The number of sulfonamides is 1. The predicted molar refractivity (Wildman–Crippen MR) is 95.3 cm³/mol. The van der Waals surface area contributed by atoms with Gasteiger partial charge in [0.15, 0.2) is 0 Å². The third-order valence-corrected chi connectivity index (χ3v) is 6.35. The Balaban J connectivity index is 1.70. The van der Waals surface area contributed by atoms with Crippen LogP contribution in [0.4, 0.5) is 5.69 Å². The van der Waals surface area contributed by atoms with E-state index in [1.165, 1.54) is 10.6 Å². The number of benzene rings is 1. The summed E-state index contributed by atoms with van der Waals surface area (Å²) >= 11 is 6.18. The predicted octanol–water partition coefficient (Wildman–Crippen LogP) is 1.38. The van der Waals surface area contributed by atoms with Crippen LogP contribution in [-0.4, -0.2) is 49.4 Å². The van der Waals surface area contributed by atoms with E-state index in [2.05, 4.69) is 10.6 Å². The van der Waals surface area contributed by atoms with Gasteiger partial charge in [-0.05, 0) is 37.5 Å². The molecule has 2 atom stereocenters. The number of nitrogens with one attached hydrogen (secondary N) is 2. The summed E-state index contributed by atoms with van der Waals surface area (Å²) in [5, 5.41) is 5.90. The van der Waals surface area contributed by atoms with Crippen molar-refractivity contribution in [3.05, 3.63) is 28.3 Å². The van der Waals surface area contributed by atoms with Crippen molar-refractivity contribution >= 4 is 39.1 Å². The number of carbonyl (C=O) groups excluding carboxylic acids is 2. The van der Waals surface area contributed by atoms with Gasteiger partial charge >= 0.3 is 0 Å². The van der Waals surface area contributed by atoms with Crippen molar-refractivity contribution in [1.82, 2.24) is 9.62 Å². The Morgan fingerprint density at radius 2 is 2.12 bits per heavy atom.